The van der Waals surface area contributed by atoms with Crippen molar-refractivity contribution in [3.8, 4) is 5.69 Å². The Morgan fingerprint density at radius 3 is 2.30 bits per heavy atom. The summed E-state index contributed by atoms with van der Waals surface area (Å²) in [6.45, 7) is 1.45. The van der Waals surface area contributed by atoms with Gasteiger partial charge in [0, 0.05) is 11.9 Å². The molecule has 0 aliphatic carbocycles. The summed E-state index contributed by atoms with van der Waals surface area (Å²) >= 11 is 11.8. The Kier molecular flexibility index (Phi) is 5.85. The molecular formula is C18H12Cl2F3N3O3S. The van der Waals surface area contributed by atoms with Crippen LogP contribution < -0.4 is 4.72 Å². The molecule has 1 aromatic heterocycles. The van der Waals surface area contributed by atoms with Crippen LogP contribution in [0.2, 0.25) is 10.0 Å². The van der Waals surface area contributed by atoms with Crippen molar-refractivity contribution in [1.29, 1.82) is 0 Å². The third-order valence-electron chi connectivity index (χ3n) is 3.98. The molecule has 0 spiro atoms. The van der Waals surface area contributed by atoms with E-state index in [-0.39, 0.29) is 27.3 Å². The van der Waals surface area contributed by atoms with E-state index in [1.165, 1.54) is 41.8 Å². The number of amides is 1. The Labute approximate surface area is 179 Å². The van der Waals surface area contributed by atoms with Crippen molar-refractivity contribution in [2.45, 2.75) is 18.0 Å². The van der Waals surface area contributed by atoms with Gasteiger partial charge in [-0.3, -0.25) is 4.79 Å². The monoisotopic (exact) mass is 477 g/mol. The maximum absolute atomic E-state index is 13.0. The first kappa shape index (κ1) is 22.1. The van der Waals surface area contributed by atoms with Crippen molar-refractivity contribution >= 4 is 39.1 Å². The van der Waals surface area contributed by atoms with E-state index in [1.807, 2.05) is 0 Å². The Morgan fingerprint density at radius 2 is 1.70 bits per heavy atom. The van der Waals surface area contributed by atoms with Gasteiger partial charge in [-0.1, -0.05) is 35.3 Å². The minimum atomic E-state index is -4.55. The normalized spacial score (nSPS) is 12.1. The number of nitrogens with zero attached hydrogens (tertiary/aromatic N) is 2. The van der Waals surface area contributed by atoms with Crippen LogP contribution >= 0.6 is 23.2 Å². The molecule has 158 valence electrons. The number of hydrogen-bond donors (Lipinski definition) is 1. The quantitative estimate of drug-likeness (QED) is 0.594. The minimum Gasteiger partial charge on any atom is -0.303 e. The average molecular weight is 478 g/mol. The summed E-state index contributed by atoms with van der Waals surface area (Å²) in [4.78, 5) is 15.9. The number of aromatic nitrogens is 2. The highest BCUT2D eigenvalue weighted by atomic mass is 35.5. The lowest BCUT2D eigenvalue weighted by atomic mass is 10.2. The van der Waals surface area contributed by atoms with Crippen LogP contribution in [0.5, 0.6) is 0 Å². The van der Waals surface area contributed by atoms with E-state index in [4.69, 9.17) is 23.2 Å². The van der Waals surface area contributed by atoms with Crippen molar-refractivity contribution in [3.05, 3.63) is 75.8 Å². The van der Waals surface area contributed by atoms with Crippen molar-refractivity contribution in [2.75, 3.05) is 0 Å². The number of carbonyl (C=O) groups excluding carboxylic acids is 1. The number of halogens is 5. The number of carbonyl (C=O) groups is 1. The fourth-order valence-electron chi connectivity index (χ4n) is 2.64. The van der Waals surface area contributed by atoms with Gasteiger partial charge in [0.1, 0.15) is 16.4 Å². The Hall–Kier alpha value is -2.56. The number of aryl methyl sites for hydroxylation is 1. The van der Waals surface area contributed by atoms with E-state index >= 15 is 0 Å². The van der Waals surface area contributed by atoms with Crippen LogP contribution in [0.4, 0.5) is 13.2 Å². The average Bonchev–Trinajstić information content (AvgIpc) is 3.02. The molecule has 0 aliphatic rings. The van der Waals surface area contributed by atoms with Gasteiger partial charge in [-0.2, -0.15) is 13.2 Å². The summed E-state index contributed by atoms with van der Waals surface area (Å²) in [5, 5.41) is -0.373. The molecule has 0 bridgehead atoms. The number of rotatable bonds is 4. The Bertz CT molecular complexity index is 1220. The number of sulfonamides is 1. The standard InChI is InChI=1S/C18H12Cl2F3N3O3S/c1-10-24-15(9-26(10)12-5-2-4-11(8-12)18(21,22)23)17(27)25-30(28,29)16-13(19)6-3-7-14(16)20/h2-9H,1H3,(H,25,27). The number of benzene rings is 2. The van der Waals surface area contributed by atoms with Gasteiger partial charge in [0.15, 0.2) is 0 Å². The van der Waals surface area contributed by atoms with E-state index in [2.05, 4.69) is 4.98 Å². The maximum atomic E-state index is 13.0. The van der Waals surface area contributed by atoms with Crippen LogP contribution in [-0.2, 0) is 16.2 Å². The predicted molar refractivity (Wildman–Crippen MR) is 104 cm³/mol. The lowest BCUT2D eigenvalue weighted by Gasteiger charge is -2.10. The number of imidazole rings is 1. The number of hydrogen-bond acceptors (Lipinski definition) is 4. The molecule has 0 atom stereocenters. The van der Waals surface area contributed by atoms with Crippen LogP contribution in [0, 0.1) is 6.92 Å². The lowest BCUT2D eigenvalue weighted by Crippen LogP contribution is -2.31. The van der Waals surface area contributed by atoms with E-state index in [9.17, 15) is 26.4 Å². The first-order valence-corrected chi connectivity index (χ1v) is 10.4. The smallest absolute Gasteiger partial charge is 0.303 e. The molecule has 2 aromatic carbocycles. The SMILES string of the molecule is Cc1nc(C(=O)NS(=O)(=O)c2c(Cl)cccc2Cl)cn1-c1cccc(C(F)(F)F)c1. The second-order valence-electron chi connectivity index (χ2n) is 6.08. The molecule has 0 saturated heterocycles. The zero-order valence-electron chi connectivity index (χ0n) is 15.0. The van der Waals surface area contributed by atoms with Gasteiger partial charge in [-0.25, -0.2) is 18.1 Å². The maximum Gasteiger partial charge on any atom is 0.416 e. The fourth-order valence-corrected chi connectivity index (χ4v) is 4.75. The molecule has 0 saturated carbocycles. The molecule has 12 heteroatoms. The fraction of sp³-hybridized carbons (Fsp3) is 0.111. The highest BCUT2D eigenvalue weighted by Gasteiger charge is 2.31. The van der Waals surface area contributed by atoms with Crippen molar-refractivity contribution in [2.24, 2.45) is 0 Å². The van der Waals surface area contributed by atoms with E-state index in [0.29, 0.717) is 0 Å². The number of alkyl halides is 3. The summed E-state index contributed by atoms with van der Waals surface area (Å²) in [5.41, 5.74) is -1.10. The first-order chi connectivity index (χ1) is 13.9. The van der Waals surface area contributed by atoms with Crippen LogP contribution in [-0.4, -0.2) is 23.9 Å². The molecule has 0 unspecified atom stereocenters. The topological polar surface area (TPSA) is 81.1 Å². The highest BCUT2D eigenvalue weighted by molar-refractivity contribution is 7.90. The Morgan fingerprint density at radius 1 is 1.10 bits per heavy atom. The first-order valence-electron chi connectivity index (χ1n) is 8.15. The molecule has 0 fully saturated rings. The molecule has 0 radical (unpaired) electrons. The molecule has 1 amide bonds. The van der Waals surface area contributed by atoms with Gasteiger partial charge < -0.3 is 4.57 Å². The predicted octanol–water partition coefficient (Wildman–Crippen LogP) is 4.63. The second-order valence-corrected chi connectivity index (χ2v) is 8.51. The molecule has 0 aliphatic heterocycles. The van der Waals surface area contributed by atoms with E-state index in [1.54, 1.807) is 4.72 Å². The Balaban J connectivity index is 1.93. The zero-order chi connectivity index (χ0) is 22.3. The summed E-state index contributed by atoms with van der Waals surface area (Å²) in [6.07, 6.45) is -3.42. The third kappa shape index (κ3) is 4.45. The molecule has 3 aromatic rings. The van der Waals surface area contributed by atoms with Crippen LogP contribution in [0.1, 0.15) is 21.9 Å². The van der Waals surface area contributed by atoms with Crippen LogP contribution in [0.3, 0.4) is 0 Å². The van der Waals surface area contributed by atoms with E-state index < -0.39 is 32.6 Å². The van der Waals surface area contributed by atoms with Crippen molar-refractivity contribution in [3.63, 3.8) is 0 Å². The molecular weight excluding hydrogens is 466 g/mol. The molecule has 3 rings (SSSR count). The molecule has 30 heavy (non-hydrogen) atoms. The summed E-state index contributed by atoms with van der Waals surface area (Å²) < 4.78 is 66.9. The van der Waals surface area contributed by atoms with Gasteiger partial charge in [0.25, 0.3) is 15.9 Å². The molecule has 1 N–H and O–H groups in total. The van der Waals surface area contributed by atoms with Gasteiger partial charge in [-0.05, 0) is 37.3 Å². The summed E-state index contributed by atoms with van der Waals surface area (Å²) in [7, 11) is -4.42. The van der Waals surface area contributed by atoms with Gasteiger partial charge >= 0.3 is 6.18 Å². The highest BCUT2D eigenvalue weighted by Crippen LogP contribution is 2.31. The molecule has 6 nitrogen and oxygen atoms in total. The number of nitrogens with one attached hydrogen (secondary N) is 1. The summed E-state index contributed by atoms with van der Waals surface area (Å²) in [6, 6.07) is 8.41. The van der Waals surface area contributed by atoms with Crippen molar-refractivity contribution < 1.29 is 26.4 Å². The van der Waals surface area contributed by atoms with Gasteiger partial charge in [0.2, 0.25) is 0 Å². The molecule has 1 heterocycles. The van der Waals surface area contributed by atoms with E-state index in [0.717, 1.165) is 18.3 Å². The van der Waals surface area contributed by atoms with Crippen LogP contribution in [0.15, 0.2) is 53.6 Å². The minimum absolute atomic E-state index is 0.103. The largest absolute Gasteiger partial charge is 0.416 e. The third-order valence-corrected chi connectivity index (χ3v) is 6.27. The van der Waals surface area contributed by atoms with Crippen molar-refractivity contribution in [1.82, 2.24) is 14.3 Å². The van der Waals surface area contributed by atoms with Gasteiger partial charge in [0.05, 0.1) is 15.6 Å². The summed E-state index contributed by atoms with van der Waals surface area (Å²) in [5.74, 6) is -0.924. The lowest BCUT2D eigenvalue weighted by molar-refractivity contribution is -0.137. The van der Waals surface area contributed by atoms with Crippen LogP contribution in [0.25, 0.3) is 5.69 Å². The van der Waals surface area contributed by atoms with Gasteiger partial charge in [-0.15, -0.1) is 0 Å². The zero-order valence-corrected chi connectivity index (χ0v) is 17.4. The second kappa shape index (κ2) is 7.93.